The van der Waals surface area contributed by atoms with Crippen LogP contribution in [0.5, 0.6) is 23.3 Å². The van der Waals surface area contributed by atoms with Crippen LogP contribution in [0.25, 0.3) is 89.0 Å². The highest BCUT2D eigenvalue weighted by atomic mass is 35.5. The molecule has 0 radical (unpaired) electrons. The topological polar surface area (TPSA) is 145 Å². The Morgan fingerprint density at radius 1 is 0.303 bits per heavy atom. The monoisotopic (exact) mass is 1810 g/mol. The van der Waals surface area contributed by atoms with Crippen molar-refractivity contribution in [1.29, 1.82) is 0 Å². The van der Waals surface area contributed by atoms with Crippen molar-refractivity contribution in [2.75, 3.05) is 28.4 Å². The minimum Gasteiger partial charge on any atom is -0.496 e. The molecule has 0 amide bonds. The Bertz CT molecular complexity index is 6520. The maximum Gasteiger partial charge on any atom is 0.433 e. The quantitative estimate of drug-likeness (QED) is 0.0956. The summed E-state index contributed by atoms with van der Waals surface area (Å²) in [7, 11) is 6.29. The van der Waals surface area contributed by atoms with E-state index < -0.39 is 17.7 Å². The third-order valence-electron chi connectivity index (χ3n) is 20.5. The molecule has 0 atom stereocenters. The van der Waals surface area contributed by atoms with Gasteiger partial charge in [-0.1, -0.05) is 103 Å². The Labute approximate surface area is 765 Å². The van der Waals surface area contributed by atoms with Crippen molar-refractivity contribution in [3.63, 3.8) is 0 Å². The third-order valence-corrected chi connectivity index (χ3v) is 20.8. The standard InChI is InChI=1S/C17H15FN2.C13H9F4N.4C13H12FNO.C13H12FN.C12H9ClFN/c1-13-7-8-16(18)9-17(13)15-10-19-20(12-15)11-14-5-3-2-4-6-14;1-8-4-5-9(14)7-11(8)10-3-2-6-18-12(10)13(15,16)17;1-9-3-5-11(14)7-12(9)10-4-6-13(16-2)15-8-10;1-9-3-4-11(14)6-13(9)10-5-12(16-2)8-15-7-10;1-9-3-4-10(14)7-11(9)12-8-15-6-5-13(12)16-2;1-9-5-6-10(14)8-12(9)11-4-3-7-15-13(11)16-2;1-9-5-6-11(14)8-13(9)12-4-3-7-15-10(12)2;1-8-2-3-9(14)6-10(8)11-7-15-5-4-12(11)13/h2-10,12H,11H2,1H3;2-7H,1H3;4*3-8H,1-2H3;3-8H,1-2H3;2-7H,1H3. The number of hydrogen-bond acceptors (Lipinski definition) is 12. The van der Waals surface area contributed by atoms with E-state index in [0.717, 1.165) is 141 Å². The van der Waals surface area contributed by atoms with Crippen molar-refractivity contribution in [1.82, 2.24) is 44.7 Å². The van der Waals surface area contributed by atoms with Gasteiger partial charge in [0, 0.05) is 118 Å². The molecule has 0 bridgehead atoms. The minimum atomic E-state index is -4.56. The molecule has 8 aromatic heterocycles. The Balaban J connectivity index is 0.000000157. The zero-order valence-electron chi connectivity index (χ0n) is 74.4. The van der Waals surface area contributed by atoms with Gasteiger partial charge in [0.2, 0.25) is 11.8 Å². The molecule has 17 rings (SSSR count). The largest absolute Gasteiger partial charge is 0.496 e. The van der Waals surface area contributed by atoms with Crippen LogP contribution in [0.15, 0.2) is 317 Å². The van der Waals surface area contributed by atoms with E-state index in [1.165, 1.54) is 103 Å². The highest BCUT2D eigenvalue weighted by Crippen LogP contribution is 2.39. The molecule has 0 fully saturated rings. The van der Waals surface area contributed by atoms with Crippen LogP contribution in [0, 0.1) is 109 Å². The molecule has 0 N–H and O–H groups in total. The molecule has 0 saturated heterocycles. The van der Waals surface area contributed by atoms with Crippen molar-refractivity contribution in [3.05, 3.63) is 430 Å². The number of benzene rings is 9. The average molecular weight is 1810 g/mol. The van der Waals surface area contributed by atoms with Gasteiger partial charge in [-0.2, -0.15) is 18.3 Å². The van der Waals surface area contributed by atoms with E-state index in [1.807, 2.05) is 121 Å². The van der Waals surface area contributed by atoms with Gasteiger partial charge >= 0.3 is 6.18 Å². The van der Waals surface area contributed by atoms with E-state index in [-0.39, 0.29) is 51.8 Å². The maximum atomic E-state index is 13.4. The number of hydrogen-bond donors (Lipinski definition) is 0. The highest BCUT2D eigenvalue weighted by molar-refractivity contribution is 6.33. The fourth-order valence-corrected chi connectivity index (χ4v) is 13.8. The van der Waals surface area contributed by atoms with Crippen LogP contribution in [0.4, 0.5) is 48.3 Å². The molecule has 17 aromatic rings. The molecule has 0 aliphatic heterocycles. The number of ether oxygens (including phenoxy) is 4. The van der Waals surface area contributed by atoms with Crippen LogP contribution in [0.1, 0.15) is 61.5 Å². The van der Waals surface area contributed by atoms with E-state index in [1.54, 1.807) is 170 Å². The Morgan fingerprint density at radius 3 is 1.17 bits per heavy atom. The van der Waals surface area contributed by atoms with Crippen molar-refractivity contribution in [2.45, 2.75) is 75.0 Å². The SMILES string of the molecule is COc1ccc(-c2cc(F)ccc2C)cn1.COc1ccncc1-c1cc(F)ccc1C.COc1cncc(-c2cc(F)ccc2C)c1.COc1ncccc1-c1cc(F)ccc1C.Cc1ccc(F)cc1-c1cccnc1C.Cc1ccc(F)cc1-c1cccnc1C(F)(F)F.Cc1ccc(F)cc1-c1cnccc1Cl.Cc1ccc(F)cc1-c1cnn(Cc2ccccc2)c1. The molecule has 13 nitrogen and oxygen atoms in total. The molecule has 9 aromatic carbocycles. The smallest absolute Gasteiger partial charge is 0.433 e. The summed E-state index contributed by atoms with van der Waals surface area (Å²) in [6.45, 7) is 17.9. The molecule has 0 aliphatic rings. The summed E-state index contributed by atoms with van der Waals surface area (Å²) in [4.78, 5) is 27.8. The molecule has 132 heavy (non-hydrogen) atoms. The molecule has 8 heterocycles. The van der Waals surface area contributed by atoms with Crippen LogP contribution in [0.2, 0.25) is 5.02 Å². The normalized spacial score (nSPS) is 10.5. The Hall–Kier alpha value is -15.0. The molecule has 0 saturated carbocycles. The van der Waals surface area contributed by atoms with Gasteiger partial charge in [0.25, 0.3) is 0 Å². The lowest BCUT2D eigenvalue weighted by molar-refractivity contribution is -0.140. The van der Waals surface area contributed by atoms with Gasteiger partial charge in [-0.05, 0) is 302 Å². The van der Waals surface area contributed by atoms with Gasteiger partial charge in [0.1, 0.15) is 58.0 Å². The minimum absolute atomic E-state index is 0.109. The van der Waals surface area contributed by atoms with Gasteiger partial charge in [-0.25, -0.2) is 45.1 Å². The number of pyridine rings is 7. The first kappa shape index (κ1) is 99.1. The Morgan fingerprint density at radius 2 is 0.720 bits per heavy atom. The molecule has 25 heteroatoms. The molecular formula is C107H93ClF11N9O4. The summed E-state index contributed by atoms with van der Waals surface area (Å²) in [5.41, 5.74) is 20.8. The number of rotatable bonds is 14. The molecule has 0 aliphatic carbocycles. The van der Waals surface area contributed by atoms with Gasteiger partial charge in [-0.15, -0.1) is 0 Å². The number of methoxy groups -OCH3 is 4. The third kappa shape index (κ3) is 28.0. The molecule has 0 spiro atoms. The van der Waals surface area contributed by atoms with E-state index in [4.69, 9.17) is 30.5 Å². The molecule has 674 valence electrons. The first-order chi connectivity index (χ1) is 63.3. The van der Waals surface area contributed by atoms with Crippen molar-refractivity contribution < 1.29 is 67.2 Å². The predicted octanol–water partition coefficient (Wildman–Crippen LogP) is 28.4. The fourth-order valence-electron chi connectivity index (χ4n) is 13.5. The summed E-state index contributed by atoms with van der Waals surface area (Å²) >= 11 is 6.02. The van der Waals surface area contributed by atoms with Crippen LogP contribution in [-0.4, -0.2) is 73.1 Å². The molecular weight excluding hydrogens is 1720 g/mol. The van der Waals surface area contributed by atoms with E-state index in [2.05, 4.69) is 52.1 Å². The van der Waals surface area contributed by atoms with E-state index in [0.29, 0.717) is 33.8 Å². The number of aryl methyl sites for hydroxylation is 9. The van der Waals surface area contributed by atoms with Crippen LogP contribution in [0.3, 0.4) is 0 Å². The summed E-state index contributed by atoms with van der Waals surface area (Å²) in [5.74, 6) is 0.153. The lowest BCUT2D eigenvalue weighted by Gasteiger charge is -2.13. The fraction of sp³-hybridized carbons (Fsp3) is 0.140. The Kier molecular flexibility index (Phi) is 35.9. The van der Waals surface area contributed by atoms with Gasteiger partial charge in [0.15, 0.2) is 5.69 Å². The van der Waals surface area contributed by atoms with Gasteiger partial charge in [0.05, 0.1) is 52.4 Å². The van der Waals surface area contributed by atoms with Crippen molar-refractivity contribution >= 4 is 11.6 Å². The number of halogens is 12. The van der Waals surface area contributed by atoms with Gasteiger partial charge in [-0.3, -0.25) is 29.6 Å². The summed E-state index contributed by atoms with van der Waals surface area (Å²) in [5, 5.41) is 4.93. The summed E-state index contributed by atoms with van der Waals surface area (Å²) in [6, 6.07) is 66.1. The molecule has 0 unspecified atom stereocenters. The van der Waals surface area contributed by atoms with E-state index in [9.17, 15) is 48.3 Å². The van der Waals surface area contributed by atoms with E-state index >= 15 is 0 Å². The van der Waals surface area contributed by atoms with Crippen LogP contribution in [-0.2, 0) is 12.7 Å². The van der Waals surface area contributed by atoms with Crippen molar-refractivity contribution in [3.8, 4) is 112 Å². The zero-order chi connectivity index (χ0) is 95.1. The average Bonchev–Trinajstić information content (AvgIpc) is 0.929. The number of alkyl halides is 3. The summed E-state index contributed by atoms with van der Waals surface area (Å²) < 4.78 is 166. The van der Waals surface area contributed by atoms with Crippen LogP contribution < -0.4 is 18.9 Å². The number of aromatic nitrogens is 9. The summed E-state index contributed by atoms with van der Waals surface area (Å²) in [6.07, 6.45) is 15.2. The first-order valence-electron chi connectivity index (χ1n) is 41.0. The zero-order valence-corrected chi connectivity index (χ0v) is 75.2. The lowest BCUT2D eigenvalue weighted by Crippen LogP contribution is -2.10. The highest BCUT2D eigenvalue weighted by Gasteiger charge is 2.36. The first-order valence-corrected chi connectivity index (χ1v) is 41.4. The second-order valence-electron chi connectivity index (χ2n) is 29.8. The van der Waals surface area contributed by atoms with Gasteiger partial charge < -0.3 is 18.9 Å². The second-order valence-corrected chi connectivity index (χ2v) is 30.2. The lowest BCUT2D eigenvalue weighted by atomic mass is 9.99. The maximum absolute atomic E-state index is 13.4. The number of nitrogens with zero attached hydrogens (tertiary/aromatic N) is 9. The van der Waals surface area contributed by atoms with Crippen molar-refractivity contribution in [2.24, 2.45) is 0 Å². The predicted molar refractivity (Wildman–Crippen MR) is 499 cm³/mol. The van der Waals surface area contributed by atoms with Crippen LogP contribution >= 0.6 is 11.6 Å². The second kappa shape index (κ2) is 47.9.